The minimum absolute atomic E-state index is 0.189. The minimum atomic E-state index is -1.24. The summed E-state index contributed by atoms with van der Waals surface area (Å²) in [4.78, 5) is 37.5. The van der Waals surface area contributed by atoms with Gasteiger partial charge in [0.05, 0.1) is 17.0 Å². The number of amides is 2. The monoisotopic (exact) mass is 325 g/mol. The molecule has 1 saturated heterocycles. The third-order valence-electron chi connectivity index (χ3n) is 3.42. The van der Waals surface area contributed by atoms with Crippen molar-refractivity contribution in [3.8, 4) is 0 Å². The van der Waals surface area contributed by atoms with Gasteiger partial charge in [0.1, 0.15) is 11.9 Å². The van der Waals surface area contributed by atoms with Crippen molar-refractivity contribution in [3.05, 3.63) is 28.6 Å². The second-order valence-electron chi connectivity index (χ2n) is 5.06. The van der Waals surface area contributed by atoms with Gasteiger partial charge in [0, 0.05) is 19.3 Å². The van der Waals surface area contributed by atoms with E-state index in [1.54, 1.807) is 4.90 Å². The van der Waals surface area contributed by atoms with E-state index >= 15 is 0 Å². The molecule has 0 unspecified atom stereocenters. The highest BCUT2D eigenvalue weighted by molar-refractivity contribution is 5.67. The highest BCUT2D eigenvalue weighted by Crippen LogP contribution is 2.29. The molecular formula is C12H15N5O6. The Hall–Kier alpha value is -3.11. The van der Waals surface area contributed by atoms with E-state index in [1.165, 1.54) is 12.3 Å². The van der Waals surface area contributed by atoms with Crippen molar-refractivity contribution in [2.75, 3.05) is 18.0 Å². The molecule has 1 fully saturated rings. The van der Waals surface area contributed by atoms with Crippen molar-refractivity contribution >= 4 is 23.6 Å². The van der Waals surface area contributed by atoms with Gasteiger partial charge in [0.25, 0.3) is 0 Å². The first-order chi connectivity index (χ1) is 10.9. The summed E-state index contributed by atoms with van der Waals surface area (Å²) in [5.74, 6) is 0. The maximum absolute atomic E-state index is 11.1. The van der Waals surface area contributed by atoms with Crippen molar-refractivity contribution in [1.29, 1.82) is 0 Å². The van der Waals surface area contributed by atoms with Crippen molar-refractivity contribution in [2.24, 2.45) is 0 Å². The van der Waals surface area contributed by atoms with Crippen LogP contribution < -0.4 is 15.5 Å². The summed E-state index contributed by atoms with van der Waals surface area (Å²) >= 11 is 0. The Morgan fingerprint density at radius 3 is 2.30 bits per heavy atom. The van der Waals surface area contributed by atoms with E-state index in [2.05, 4.69) is 15.6 Å². The van der Waals surface area contributed by atoms with Crippen LogP contribution in [0.1, 0.15) is 6.42 Å². The Morgan fingerprint density at radius 2 is 1.83 bits per heavy atom. The number of piperidine rings is 1. The van der Waals surface area contributed by atoms with Crippen molar-refractivity contribution < 1.29 is 24.7 Å². The highest BCUT2D eigenvalue weighted by atomic mass is 16.6. The van der Waals surface area contributed by atoms with Gasteiger partial charge in [0.2, 0.25) is 0 Å². The summed E-state index contributed by atoms with van der Waals surface area (Å²) in [6.07, 6.45) is 0.262. The molecule has 2 atom stereocenters. The zero-order chi connectivity index (χ0) is 17.0. The molecule has 2 heterocycles. The maximum atomic E-state index is 11.1. The van der Waals surface area contributed by atoms with Gasteiger partial charge in [-0.1, -0.05) is 0 Å². The molecule has 0 aromatic carbocycles. The van der Waals surface area contributed by atoms with Crippen LogP contribution in [0.5, 0.6) is 0 Å². The van der Waals surface area contributed by atoms with Gasteiger partial charge in [-0.15, -0.1) is 0 Å². The molecule has 11 heteroatoms. The summed E-state index contributed by atoms with van der Waals surface area (Å²) in [7, 11) is 0. The summed E-state index contributed by atoms with van der Waals surface area (Å²) in [6, 6.07) is 0.316. The van der Waals surface area contributed by atoms with Gasteiger partial charge in [0.15, 0.2) is 0 Å². The Kier molecular flexibility index (Phi) is 4.79. The SMILES string of the molecule is O=C(O)N[C@@H]1C[C@H](NC(=O)O)CN(c2ccncc2[N+](=O)[O-])C1. The van der Waals surface area contributed by atoms with E-state index in [9.17, 15) is 19.7 Å². The molecule has 1 aromatic rings. The molecule has 0 spiro atoms. The lowest BCUT2D eigenvalue weighted by molar-refractivity contribution is -0.384. The highest BCUT2D eigenvalue weighted by Gasteiger charge is 2.32. The van der Waals surface area contributed by atoms with Crippen LogP contribution in [-0.4, -0.2) is 57.5 Å². The van der Waals surface area contributed by atoms with Gasteiger partial charge >= 0.3 is 17.9 Å². The normalized spacial score (nSPS) is 20.6. The lowest BCUT2D eigenvalue weighted by Gasteiger charge is -2.38. The number of nitrogens with one attached hydrogen (secondary N) is 2. The molecule has 2 rings (SSSR count). The molecule has 11 nitrogen and oxygen atoms in total. The Morgan fingerprint density at radius 1 is 1.26 bits per heavy atom. The molecule has 0 aliphatic carbocycles. The van der Waals surface area contributed by atoms with E-state index in [1.807, 2.05) is 0 Å². The number of aromatic nitrogens is 1. The Bertz CT molecular complexity index is 600. The van der Waals surface area contributed by atoms with E-state index in [0.717, 1.165) is 6.20 Å². The molecule has 124 valence electrons. The fourth-order valence-corrected chi connectivity index (χ4v) is 2.64. The summed E-state index contributed by atoms with van der Waals surface area (Å²) < 4.78 is 0. The van der Waals surface area contributed by atoms with Gasteiger partial charge in [-0.25, -0.2) is 9.59 Å². The molecule has 0 radical (unpaired) electrons. The molecule has 23 heavy (non-hydrogen) atoms. The Labute approximate surface area is 130 Å². The molecule has 0 saturated carbocycles. The molecular weight excluding hydrogens is 310 g/mol. The van der Waals surface area contributed by atoms with Gasteiger partial charge in [-0.3, -0.25) is 15.1 Å². The van der Waals surface area contributed by atoms with Crippen LogP contribution in [-0.2, 0) is 0 Å². The van der Waals surface area contributed by atoms with E-state index in [-0.39, 0.29) is 30.9 Å². The van der Waals surface area contributed by atoms with Crippen LogP contribution >= 0.6 is 0 Å². The zero-order valence-electron chi connectivity index (χ0n) is 11.9. The number of rotatable bonds is 4. The molecule has 1 aromatic heterocycles. The van der Waals surface area contributed by atoms with E-state index in [0.29, 0.717) is 0 Å². The third-order valence-corrected chi connectivity index (χ3v) is 3.42. The zero-order valence-corrected chi connectivity index (χ0v) is 11.9. The lowest BCUT2D eigenvalue weighted by Crippen LogP contribution is -2.57. The van der Waals surface area contributed by atoms with Crippen LogP contribution in [0, 0.1) is 10.1 Å². The van der Waals surface area contributed by atoms with Gasteiger partial charge in [-0.2, -0.15) is 0 Å². The van der Waals surface area contributed by atoms with Crippen molar-refractivity contribution in [3.63, 3.8) is 0 Å². The first kappa shape index (κ1) is 16.3. The van der Waals surface area contributed by atoms with Gasteiger partial charge in [-0.05, 0) is 12.5 Å². The smallest absolute Gasteiger partial charge is 0.404 e. The standard InChI is InChI=1S/C12H15N5O6/c18-11(19)14-7-3-8(15-12(20)21)6-16(5-7)9-1-2-13-4-10(9)17(22)23/h1-2,4,7-8,14-15H,3,5-6H2,(H,18,19)(H,20,21)/t7-,8+. The first-order valence-electron chi connectivity index (χ1n) is 6.69. The summed E-state index contributed by atoms with van der Waals surface area (Å²) in [5, 5.41) is 33.4. The number of carboxylic acid groups (broad SMARTS) is 2. The lowest BCUT2D eigenvalue weighted by atomic mass is 10.00. The van der Waals surface area contributed by atoms with Crippen molar-refractivity contribution in [1.82, 2.24) is 15.6 Å². The number of hydrogen-bond donors (Lipinski definition) is 4. The quantitative estimate of drug-likeness (QED) is 0.459. The number of hydrogen-bond acceptors (Lipinski definition) is 6. The fourth-order valence-electron chi connectivity index (χ4n) is 2.64. The molecule has 1 aliphatic rings. The Balaban J connectivity index is 2.27. The molecule has 4 N–H and O–H groups in total. The third kappa shape index (κ3) is 4.18. The largest absolute Gasteiger partial charge is 0.465 e. The van der Waals surface area contributed by atoms with Crippen LogP contribution in [0.3, 0.4) is 0 Å². The topological polar surface area (TPSA) is 158 Å². The maximum Gasteiger partial charge on any atom is 0.404 e. The fraction of sp³-hybridized carbons (Fsp3) is 0.417. The van der Waals surface area contributed by atoms with Crippen LogP contribution in [0.2, 0.25) is 0 Å². The van der Waals surface area contributed by atoms with E-state index in [4.69, 9.17) is 10.2 Å². The minimum Gasteiger partial charge on any atom is -0.465 e. The van der Waals surface area contributed by atoms with Crippen LogP contribution in [0.25, 0.3) is 0 Å². The number of carbonyl (C=O) groups is 2. The molecule has 2 amide bonds. The first-order valence-corrected chi connectivity index (χ1v) is 6.69. The predicted octanol–water partition coefficient (Wildman–Crippen LogP) is 0.472. The van der Waals surface area contributed by atoms with Crippen LogP contribution in [0.15, 0.2) is 18.5 Å². The molecule has 0 bridgehead atoms. The average Bonchev–Trinajstić information content (AvgIpc) is 2.45. The van der Waals surface area contributed by atoms with Crippen molar-refractivity contribution in [2.45, 2.75) is 18.5 Å². The molecule has 1 aliphatic heterocycles. The summed E-state index contributed by atoms with van der Waals surface area (Å²) in [5.41, 5.74) is 0.0385. The average molecular weight is 325 g/mol. The van der Waals surface area contributed by atoms with Gasteiger partial charge < -0.3 is 25.7 Å². The number of pyridine rings is 1. The second-order valence-corrected chi connectivity index (χ2v) is 5.06. The predicted molar refractivity (Wildman–Crippen MR) is 77.6 cm³/mol. The number of nitrogens with zero attached hydrogens (tertiary/aromatic N) is 3. The van der Waals surface area contributed by atoms with Crippen LogP contribution in [0.4, 0.5) is 21.0 Å². The summed E-state index contributed by atoms with van der Waals surface area (Å²) in [6.45, 7) is 0.379. The number of anilines is 1. The number of nitro groups is 1. The second kappa shape index (κ2) is 6.77. The van der Waals surface area contributed by atoms with E-state index < -0.39 is 29.2 Å².